The molecule has 2 radical (unpaired) electrons. The van der Waals surface area contributed by atoms with E-state index in [-0.39, 0.29) is 0 Å². The summed E-state index contributed by atoms with van der Waals surface area (Å²) in [6, 6.07) is 27.4. The van der Waals surface area contributed by atoms with Crippen molar-refractivity contribution in [3.8, 4) is 22.4 Å². The van der Waals surface area contributed by atoms with Crippen molar-refractivity contribution in [3.05, 3.63) is 84.4 Å². The second-order valence-electron chi connectivity index (χ2n) is 6.98. The van der Waals surface area contributed by atoms with E-state index >= 15 is 0 Å². The van der Waals surface area contributed by atoms with E-state index in [2.05, 4.69) is 73.4 Å². The molecule has 0 unspecified atom stereocenters. The summed E-state index contributed by atoms with van der Waals surface area (Å²) in [7, 11) is 6.10. The van der Waals surface area contributed by atoms with Crippen molar-refractivity contribution in [1.29, 1.82) is 0 Å². The van der Waals surface area contributed by atoms with Crippen molar-refractivity contribution < 1.29 is 0 Å². The maximum atomic E-state index is 6.10. The molecule has 0 atom stereocenters. The zero-order chi connectivity index (χ0) is 18.1. The molecule has 0 spiro atoms. The first-order chi connectivity index (χ1) is 12.6. The van der Waals surface area contributed by atoms with Gasteiger partial charge in [0.25, 0.3) is 0 Å². The van der Waals surface area contributed by atoms with E-state index in [4.69, 9.17) is 7.85 Å². The maximum absolute atomic E-state index is 6.10. The Morgan fingerprint density at radius 3 is 2.19 bits per heavy atom. The van der Waals surface area contributed by atoms with Crippen molar-refractivity contribution >= 4 is 24.2 Å². The monoisotopic (exact) mass is 333 g/mol. The molecule has 3 aromatic carbocycles. The summed E-state index contributed by atoms with van der Waals surface area (Å²) >= 11 is 0. The van der Waals surface area contributed by atoms with Crippen molar-refractivity contribution in [2.75, 3.05) is 0 Å². The molecular formula is C24H20BN. The number of hydrogen-bond donors (Lipinski definition) is 0. The molecule has 0 amide bonds. The average molecular weight is 333 g/mol. The molecule has 1 aromatic heterocycles. The smallest absolute Gasteiger partial charge is 0.141 e. The van der Waals surface area contributed by atoms with Gasteiger partial charge in [-0.2, -0.15) is 0 Å². The van der Waals surface area contributed by atoms with Gasteiger partial charge in [-0.15, -0.1) is 0 Å². The van der Waals surface area contributed by atoms with Gasteiger partial charge in [-0.25, -0.2) is 0 Å². The van der Waals surface area contributed by atoms with Gasteiger partial charge in [-0.05, 0) is 51.8 Å². The van der Waals surface area contributed by atoms with Gasteiger partial charge in [-0.3, -0.25) is 4.98 Å². The van der Waals surface area contributed by atoms with Crippen LogP contribution in [-0.2, 0) is 0 Å². The molecule has 1 nitrogen and oxygen atoms in total. The molecule has 4 rings (SSSR count). The molecule has 0 bridgehead atoms. The Labute approximate surface area is 156 Å². The van der Waals surface area contributed by atoms with E-state index in [1.165, 1.54) is 16.7 Å². The minimum absolute atomic E-state index is 0.435. The highest BCUT2D eigenvalue weighted by atomic mass is 14.7. The number of aromatic nitrogens is 1. The van der Waals surface area contributed by atoms with Gasteiger partial charge in [0.05, 0.1) is 5.69 Å². The lowest BCUT2D eigenvalue weighted by molar-refractivity contribution is 0.867. The fraction of sp³-hybridized carbons (Fsp3) is 0.125. The Morgan fingerprint density at radius 1 is 0.731 bits per heavy atom. The lowest BCUT2D eigenvalue weighted by atomic mass is 9.91. The summed E-state index contributed by atoms with van der Waals surface area (Å²) in [6.45, 7) is 4.44. The van der Waals surface area contributed by atoms with Gasteiger partial charge < -0.3 is 0 Å². The van der Waals surface area contributed by atoms with E-state index in [1.54, 1.807) is 0 Å². The molecular weight excluding hydrogens is 313 g/mol. The molecule has 124 valence electrons. The number of fused-ring (bicyclic) bond motifs is 1. The van der Waals surface area contributed by atoms with Crippen LogP contribution in [0.4, 0.5) is 0 Å². The van der Waals surface area contributed by atoms with Crippen LogP contribution < -0.4 is 5.59 Å². The fourth-order valence-electron chi connectivity index (χ4n) is 3.36. The Hall–Kier alpha value is -2.87. The minimum atomic E-state index is 0.435. The summed E-state index contributed by atoms with van der Waals surface area (Å²) in [6.07, 6.45) is 0. The normalized spacial score (nSPS) is 11.2. The van der Waals surface area contributed by atoms with Crippen LogP contribution in [0.1, 0.15) is 25.3 Å². The van der Waals surface area contributed by atoms with Crippen LogP contribution in [0, 0.1) is 0 Å². The van der Waals surface area contributed by atoms with Crippen molar-refractivity contribution in [2.45, 2.75) is 19.8 Å². The molecule has 1 heterocycles. The SMILES string of the molecule is [B]c1cc2ccccc2c(-c2cc(-c3ccccc3)cc(C(C)C)c2)n1. The maximum Gasteiger partial charge on any atom is 0.141 e. The molecule has 0 N–H and O–H groups in total. The molecule has 0 saturated carbocycles. The molecule has 0 fully saturated rings. The Morgan fingerprint density at radius 2 is 1.42 bits per heavy atom. The van der Waals surface area contributed by atoms with Crippen LogP contribution in [0.3, 0.4) is 0 Å². The van der Waals surface area contributed by atoms with Crippen LogP contribution in [0.25, 0.3) is 33.2 Å². The molecule has 26 heavy (non-hydrogen) atoms. The third kappa shape index (κ3) is 3.15. The van der Waals surface area contributed by atoms with Gasteiger partial charge in [0, 0.05) is 10.9 Å². The summed E-state index contributed by atoms with van der Waals surface area (Å²) in [5, 5.41) is 2.24. The summed E-state index contributed by atoms with van der Waals surface area (Å²) in [5.74, 6) is 0.435. The Balaban J connectivity index is 1.99. The third-order valence-corrected chi connectivity index (χ3v) is 4.76. The Bertz CT molecular complexity index is 1070. The van der Waals surface area contributed by atoms with E-state index in [1.807, 2.05) is 24.3 Å². The largest absolute Gasteiger partial charge is 0.264 e. The van der Waals surface area contributed by atoms with Gasteiger partial charge in [0.15, 0.2) is 0 Å². The summed E-state index contributed by atoms with van der Waals surface area (Å²) < 4.78 is 0. The highest BCUT2D eigenvalue weighted by molar-refractivity contribution is 6.32. The first-order valence-electron chi connectivity index (χ1n) is 8.98. The molecule has 0 aliphatic rings. The molecule has 2 heteroatoms. The molecule has 4 aromatic rings. The van der Waals surface area contributed by atoms with Gasteiger partial charge in [0.2, 0.25) is 0 Å². The van der Waals surface area contributed by atoms with Crippen LogP contribution in [-0.4, -0.2) is 12.8 Å². The zero-order valence-electron chi connectivity index (χ0n) is 15.1. The van der Waals surface area contributed by atoms with Gasteiger partial charge in [-0.1, -0.05) is 74.5 Å². The third-order valence-electron chi connectivity index (χ3n) is 4.76. The van der Waals surface area contributed by atoms with Gasteiger partial charge >= 0.3 is 0 Å². The number of pyridine rings is 1. The predicted molar refractivity (Wildman–Crippen MR) is 112 cm³/mol. The number of nitrogens with zero attached hydrogens (tertiary/aromatic N) is 1. The molecule has 0 aliphatic carbocycles. The fourth-order valence-corrected chi connectivity index (χ4v) is 3.36. The van der Waals surface area contributed by atoms with E-state index in [0.717, 1.165) is 22.0 Å². The highest BCUT2D eigenvalue weighted by Crippen LogP contribution is 2.33. The van der Waals surface area contributed by atoms with E-state index < -0.39 is 0 Å². The van der Waals surface area contributed by atoms with E-state index in [0.29, 0.717) is 11.5 Å². The minimum Gasteiger partial charge on any atom is -0.264 e. The average Bonchev–Trinajstić information content (AvgIpc) is 2.67. The van der Waals surface area contributed by atoms with Crippen LogP contribution in [0.15, 0.2) is 78.9 Å². The zero-order valence-corrected chi connectivity index (χ0v) is 15.1. The first-order valence-corrected chi connectivity index (χ1v) is 8.98. The van der Waals surface area contributed by atoms with Crippen LogP contribution in [0.2, 0.25) is 0 Å². The molecule has 0 aliphatic heterocycles. The number of hydrogen-bond acceptors (Lipinski definition) is 1. The van der Waals surface area contributed by atoms with Gasteiger partial charge in [0.1, 0.15) is 7.85 Å². The molecule has 0 saturated heterocycles. The van der Waals surface area contributed by atoms with Crippen LogP contribution in [0.5, 0.6) is 0 Å². The standard InChI is InChI=1S/C24H20BN/c1-16(2)19-12-20(17-8-4-3-5-9-17)14-21(13-19)24-22-11-7-6-10-18(22)15-23(25)26-24/h3-16H,1-2H3. The van der Waals surface area contributed by atoms with Crippen molar-refractivity contribution in [3.63, 3.8) is 0 Å². The van der Waals surface area contributed by atoms with Crippen molar-refractivity contribution in [1.82, 2.24) is 4.98 Å². The predicted octanol–water partition coefficient (Wildman–Crippen LogP) is 5.49. The number of benzene rings is 3. The van der Waals surface area contributed by atoms with Crippen LogP contribution >= 0.6 is 0 Å². The summed E-state index contributed by atoms with van der Waals surface area (Å²) in [5.41, 5.74) is 6.33. The lowest BCUT2D eigenvalue weighted by Gasteiger charge is -2.14. The lowest BCUT2D eigenvalue weighted by Crippen LogP contribution is -2.09. The number of rotatable bonds is 3. The topological polar surface area (TPSA) is 12.9 Å². The van der Waals surface area contributed by atoms with Crippen molar-refractivity contribution in [2.24, 2.45) is 0 Å². The summed E-state index contributed by atoms with van der Waals surface area (Å²) in [4.78, 5) is 4.68. The second kappa shape index (κ2) is 6.80. The first kappa shape index (κ1) is 16.6. The quantitative estimate of drug-likeness (QED) is 0.452. The van der Waals surface area contributed by atoms with E-state index in [9.17, 15) is 0 Å². The second-order valence-corrected chi connectivity index (χ2v) is 6.98. The highest BCUT2D eigenvalue weighted by Gasteiger charge is 2.11. The Kier molecular flexibility index (Phi) is 4.34.